The molecule has 0 aromatic heterocycles. The lowest BCUT2D eigenvalue weighted by atomic mass is 9.92. The summed E-state index contributed by atoms with van der Waals surface area (Å²) in [6, 6.07) is 18.4. The van der Waals surface area contributed by atoms with Crippen LogP contribution < -0.4 is 10.6 Å². The van der Waals surface area contributed by atoms with Gasteiger partial charge in [0, 0.05) is 0 Å². The first-order valence-electron chi connectivity index (χ1n) is 10.3. The van der Waals surface area contributed by atoms with E-state index in [0.29, 0.717) is 12.3 Å². The Morgan fingerprint density at radius 1 is 1.00 bits per heavy atom. The van der Waals surface area contributed by atoms with E-state index in [2.05, 4.69) is 24.5 Å². The molecule has 2 aromatic carbocycles. The van der Waals surface area contributed by atoms with Crippen LogP contribution >= 0.6 is 0 Å². The molecule has 6 heteroatoms. The lowest BCUT2D eigenvalue weighted by molar-refractivity contribution is -0.135. The summed E-state index contributed by atoms with van der Waals surface area (Å²) in [6.07, 6.45) is 1.36. The van der Waals surface area contributed by atoms with Crippen molar-refractivity contribution >= 4 is 17.8 Å². The Morgan fingerprint density at radius 3 is 2.03 bits per heavy atom. The molecule has 30 heavy (non-hydrogen) atoms. The third-order valence-corrected chi connectivity index (χ3v) is 5.44. The van der Waals surface area contributed by atoms with Crippen LogP contribution in [-0.2, 0) is 9.59 Å². The van der Waals surface area contributed by atoms with Crippen LogP contribution in [-0.4, -0.2) is 34.8 Å². The second-order valence-corrected chi connectivity index (χ2v) is 8.41. The topological polar surface area (TPSA) is 78.5 Å². The molecule has 1 heterocycles. The Morgan fingerprint density at radius 2 is 1.53 bits per heavy atom. The monoisotopic (exact) mass is 407 g/mol. The maximum Gasteiger partial charge on any atom is 0.325 e. The Hall–Kier alpha value is -3.15. The SMILES string of the molecule is CC(C)CC[C@]1(C)NC(=O)N(CC(=O)NC(c2ccccc2)c2ccccc2)C1=O. The molecule has 3 rings (SSSR count). The summed E-state index contributed by atoms with van der Waals surface area (Å²) in [5, 5.41) is 5.75. The first-order chi connectivity index (χ1) is 14.3. The van der Waals surface area contributed by atoms with Crippen LogP contribution in [0.5, 0.6) is 0 Å². The minimum absolute atomic E-state index is 0.307. The van der Waals surface area contributed by atoms with E-state index in [1.807, 2.05) is 60.7 Å². The fraction of sp³-hybridized carbons (Fsp3) is 0.375. The summed E-state index contributed by atoms with van der Waals surface area (Å²) in [5.41, 5.74) is 0.895. The van der Waals surface area contributed by atoms with Crippen molar-refractivity contribution in [1.29, 1.82) is 0 Å². The quantitative estimate of drug-likeness (QED) is 0.656. The average Bonchev–Trinajstić information content (AvgIpc) is 2.95. The van der Waals surface area contributed by atoms with Gasteiger partial charge < -0.3 is 10.6 Å². The molecule has 158 valence electrons. The van der Waals surface area contributed by atoms with Crippen LogP contribution in [0.15, 0.2) is 60.7 Å². The van der Waals surface area contributed by atoms with Crippen LogP contribution in [0, 0.1) is 5.92 Å². The predicted molar refractivity (Wildman–Crippen MR) is 116 cm³/mol. The highest BCUT2D eigenvalue weighted by Gasteiger charge is 2.47. The summed E-state index contributed by atoms with van der Waals surface area (Å²) >= 11 is 0. The molecule has 0 unspecified atom stereocenters. The highest BCUT2D eigenvalue weighted by molar-refractivity contribution is 6.08. The Bertz CT molecular complexity index is 859. The van der Waals surface area contributed by atoms with E-state index in [9.17, 15) is 14.4 Å². The van der Waals surface area contributed by atoms with Crippen molar-refractivity contribution < 1.29 is 14.4 Å². The van der Waals surface area contributed by atoms with Gasteiger partial charge in [0.25, 0.3) is 5.91 Å². The van der Waals surface area contributed by atoms with Crippen LogP contribution in [0.1, 0.15) is 50.8 Å². The van der Waals surface area contributed by atoms with E-state index >= 15 is 0 Å². The van der Waals surface area contributed by atoms with E-state index < -0.39 is 11.6 Å². The number of hydrogen-bond acceptors (Lipinski definition) is 3. The summed E-state index contributed by atoms with van der Waals surface area (Å²) in [7, 11) is 0. The zero-order chi connectivity index (χ0) is 21.7. The number of urea groups is 1. The number of nitrogens with zero attached hydrogens (tertiary/aromatic N) is 1. The van der Waals surface area contributed by atoms with Gasteiger partial charge in [0.1, 0.15) is 12.1 Å². The number of carbonyl (C=O) groups is 3. The van der Waals surface area contributed by atoms with Crippen molar-refractivity contribution in [1.82, 2.24) is 15.5 Å². The Labute approximate surface area is 177 Å². The minimum Gasteiger partial charge on any atom is -0.344 e. The molecule has 2 aromatic rings. The molecule has 0 radical (unpaired) electrons. The van der Waals surface area contributed by atoms with Gasteiger partial charge in [-0.25, -0.2) is 4.79 Å². The summed E-state index contributed by atoms with van der Waals surface area (Å²) in [6.45, 7) is 5.56. The summed E-state index contributed by atoms with van der Waals surface area (Å²) in [4.78, 5) is 39.2. The minimum atomic E-state index is -0.958. The number of imide groups is 1. The van der Waals surface area contributed by atoms with Gasteiger partial charge in [-0.15, -0.1) is 0 Å². The number of hydrogen-bond donors (Lipinski definition) is 2. The van der Waals surface area contributed by atoms with Crippen LogP contribution in [0.2, 0.25) is 0 Å². The van der Waals surface area contributed by atoms with Gasteiger partial charge in [0.2, 0.25) is 5.91 Å². The first-order valence-corrected chi connectivity index (χ1v) is 10.3. The molecule has 1 saturated heterocycles. The number of benzene rings is 2. The molecule has 2 N–H and O–H groups in total. The molecule has 0 aliphatic carbocycles. The molecule has 1 fully saturated rings. The molecular weight excluding hydrogens is 378 g/mol. The molecular formula is C24H29N3O3. The van der Waals surface area contributed by atoms with Crippen molar-refractivity contribution in [3.05, 3.63) is 71.8 Å². The molecule has 6 nitrogen and oxygen atoms in total. The molecule has 4 amide bonds. The molecule has 1 aliphatic rings. The highest BCUT2D eigenvalue weighted by Crippen LogP contribution is 2.25. The zero-order valence-electron chi connectivity index (χ0n) is 17.7. The molecule has 0 spiro atoms. The van der Waals surface area contributed by atoms with Crippen LogP contribution in [0.25, 0.3) is 0 Å². The maximum absolute atomic E-state index is 12.9. The average molecular weight is 408 g/mol. The van der Waals surface area contributed by atoms with Gasteiger partial charge in [-0.05, 0) is 36.8 Å². The number of amides is 4. The molecule has 1 atom stereocenters. The zero-order valence-corrected chi connectivity index (χ0v) is 17.7. The number of nitrogens with one attached hydrogen (secondary N) is 2. The van der Waals surface area contributed by atoms with Crippen LogP contribution in [0.3, 0.4) is 0 Å². The summed E-state index contributed by atoms with van der Waals surface area (Å²) in [5.74, 6) is -0.315. The Kier molecular flexibility index (Phi) is 6.55. The third kappa shape index (κ3) is 4.87. The fourth-order valence-corrected chi connectivity index (χ4v) is 3.64. The molecule has 1 aliphatic heterocycles. The standard InChI is InChI=1S/C24H29N3O3/c1-17(2)14-15-24(3)22(29)27(23(30)26-24)16-20(28)25-21(18-10-6-4-7-11-18)19-12-8-5-9-13-19/h4-13,17,21H,14-16H2,1-3H3,(H,25,28)(H,26,30)/t24-/m0/s1. The second kappa shape index (κ2) is 9.11. The fourth-order valence-electron chi connectivity index (χ4n) is 3.64. The lowest BCUT2D eigenvalue weighted by Gasteiger charge is -2.23. The number of rotatable bonds is 8. The largest absolute Gasteiger partial charge is 0.344 e. The number of carbonyl (C=O) groups excluding carboxylic acids is 3. The van der Waals surface area contributed by atoms with E-state index in [1.165, 1.54) is 0 Å². The van der Waals surface area contributed by atoms with Crippen molar-refractivity contribution in [3.8, 4) is 0 Å². The second-order valence-electron chi connectivity index (χ2n) is 8.41. The van der Waals surface area contributed by atoms with Gasteiger partial charge in [0.05, 0.1) is 6.04 Å². The smallest absolute Gasteiger partial charge is 0.325 e. The van der Waals surface area contributed by atoms with E-state index in [1.54, 1.807) is 6.92 Å². The van der Waals surface area contributed by atoms with E-state index in [-0.39, 0.29) is 24.4 Å². The van der Waals surface area contributed by atoms with Gasteiger partial charge in [-0.1, -0.05) is 74.5 Å². The van der Waals surface area contributed by atoms with Crippen molar-refractivity contribution in [2.24, 2.45) is 5.92 Å². The predicted octanol–water partition coefficient (Wildman–Crippen LogP) is 3.64. The molecule has 0 saturated carbocycles. The highest BCUT2D eigenvalue weighted by atomic mass is 16.2. The molecule has 0 bridgehead atoms. The third-order valence-electron chi connectivity index (χ3n) is 5.44. The van der Waals surface area contributed by atoms with Gasteiger partial charge in [-0.3, -0.25) is 14.5 Å². The van der Waals surface area contributed by atoms with E-state index in [4.69, 9.17) is 0 Å². The normalized spacial score (nSPS) is 18.8. The van der Waals surface area contributed by atoms with Crippen molar-refractivity contribution in [3.63, 3.8) is 0 Å². The van der Waals surface area contributed by atoms with E-state index in [0.717, 1.165) is 22.4 Å². The van der Waals surface area contributed by atoms with Gasteiger partial charge >= 0.3 is 6.03 Å². The maximum atomic E-state index is 12.9. The Balaban J connectivity index is 1.73. The lowest BCUT2D eigenvalue weighted by Crippen LogP contribution is -2.45. The van der Waals surface area contributed by atoms with Crippen molar-refractivity contribution in [2.45, 2.75) is 45.2 Å². The summed E-state index contributed by atoms with van der Waals surface area (Å²) < 4.78 is 0. The van der Waals surface area contributed by atoms with Gasteiger partial charge in [0.15, 0.2) is 0 Å². The first kappa shape index (κ1) is 21.6. The van der Waals surface area contributed by atoms with Crippen LogP contribution in [0.4, 0.5) is 4.79 Å². The van der Waals surface area contributed by atoms with Gasteiger partial charge in [-0.2, -0.15) is 0 Å². The van der Waals surface area contributed by atoms with Crippen molar-refractivity contribution in [2.75, 3.05) is 6.54 Å².